The summed E-state index contributed by atoms with van der Waals surface area (Å²) in [5.74, 6) is 0.165. The number of nitrogens with zero attached hydrogens (tertiary/aromatic N) is 1. The molecular weight excluding hydrogens is 270 g/mol. The summed E-state index contributed by atoms with van der Waals surface area (Å²) < 4.78 is 5.00. The lowest BCUT2D eigenvalue weighted by Gasteiger charge is -2.36. The van der Waals surface area contributed by atoms with Crippen LogP contribution in [0.1, 0.15) is 39.5 Å². The summed E-state index contributed by atoms with van der Waals surface area (Å²) in [5.41, 5.74) is -0.247. The van der Waals surface area contributed by atoms with E-state index in [1.54, 1.807) is 4.90 Å². The Balaban J connectivity index is 1.78. The van der Waals surface area contributed by atoms with E-state index in [1.807, 2.05) is 6.92 Å². The lowest BCUT2D eigenvalue weighted by atomic mass is 9.80. The van der Waals surface area contributed by atoms with Crippen molar-refractivity contribution >= 4 is 12.0 Å². The number of nitrogens with one attached hydrogen (secondary N) is 2. The maximum Gasteiger partial charge on any atom is 0.409 e. The van der Waals surface area contributed by atoms with E-state index in [0.29, 0.717) is 19.7 Å². The molecular formula is C15H27N3O3. The summed E-state index contributed by atoms with van der Waals surface area (Å²) in [6, 6.07) is 0.176. The van der Waals surface area contributed by atoms with Gasteiger partial charge in [-0.05, 0) is 45.7 Å². The van der Waals surface area contributed by atoms with Gasteiger partial charge in [-0.2, -0.15) is 0 Å². The first-order valence-electron chi connectivity index (χ1n) is 7.98. The van der Waals surface area contributed by atoms with E-state index < -0.39 is 0 Å². The predicted octanol–water partition coefficient (Wildman–Crippen LogP) is 1.11. The van der Waals surface area contributed by atoms with Gasteiger partial charge in [-0.1, -0.05) is 6.92 Å². The fraction of sp³-hybridized carbons (Fsp3) is 0.867. The van der Waals surface area contributed by atoms with Gasteiger partial charge >= 0.3 is 6.09 Å². The van der Waals surface area contributed by atoms with Crippen LogP contribution in [0.25, 0.3) is 0 Å². The summed E-state index contributed by atoms with van der Waals surface area (Å²) >= 11 is 0. The maximum atomic E-state index is 12.5. The molecule has 0 atom stereocenters. The van der Waals surface area contributed by atoms with Crippen molar-refractivity contribution in [1.82, 2.24) is 15.5 Å². The van der Waals surface area contributed by atoms with Crippen LogP contribution in [0.5, 0.6) is 0 Å². The summed E-state index contributed by atoms with van der Waals surface area (Å²) in [6.45, 7) is 7.39. The first-order valence-corrected chi connectivity index (χ1v) is 7.98. The van der Waals surface area contributed by atoms with Gasteiger partial charge in [0.2, 0.25) is 5.91 Å². The number of hydrogen-bond acceptors (Lipinski definition) is 4. The molecule has 120 valence electrons. The second-order valence-electron chi connectivity index (χ2n) is 6.24. The van der Waals surface area contributed by atoms with Gasteiger partial charge in [0, 0.05) is 24.5 Å². The Morgan fingerprint density at radius 2 is 1.90 bits per heavy atom. The lowest BCUT2D eigenvalue weighted by Crippen LogP contribution is -2.52. The molecule has 6 nitrogen and oxygen atoms in total. The minimum Gasteiger partial charge on any atom is -0.450 e. The molecule has 0 spiro atoms. The number of rotatable bonds is 3. The summed E-state index contributed by atoms with van der Waals surface area (Å²) in [6.07, 6.45) is 3.14. The van der Waals surface area contributed by atoms with Crippen LogP contribution in [0.15, 0.2) is 0 Å². The Kier molecular flexibility index (Phi) is 5.45. The Labute approximate surface area is 126 Å². The van der Waals surface area contributed by atoms with Crippen molar-refractivity contribution in [2.45, 2.75) is 45.6 Å². The molecule has 2 aliphatic rings. The normalized spacial score (nSPS) is 22.7. The van der Waals surface area contributed by atoms with Gasteiger partial charge in [0.15, 0.2) is 0 Å². The quantitative estimate of drug-likeness (QED) is 0.819. The van der Waals surface area contributed by atoms with E-state index in [0.717, 1.165) is 38.8 Å². The molecule has 6 heteroatoms. The Morgan fingerprint density at radius 1 is 1.29 bits per heavy atom. The fourth-order valence-corrected chi connectivity index (χ4v) is 2.99. The van der Waals surface area contributed by atoms with E-state index in [9.17, 15) is 9.59 Å². The third kappa shape index (κ3) is 4.09. The van der Waals surface area contributed by atoms with E-state index in [1.165, 1.54) is 0 Å². The van der Waals surface area contributed by atoms with E-state index >= 15 is 0 Å². The minimum atomic E-state index is -0.247. The highest BCUT2D eigenvalue weighted by Gasteiger charge is 2.36. The molecule has 0 bridgehead atoms. The highest BCUT2D eigenvalue weighted by molar-refractivity contribution is 5.82. The first-order chi connectivity index (χ1) is 10.0. The van der Waals surface area contributed by atoms with Crippen LogP contribution in [0, 0.1) is 5.41 Å². The van der Waals surface area contributed by atoms with Crippen molar-refractivity contribution in [1.29, 1.82) is 0 Å². The number of likely N-dealkylation sites (tertiary alicyclic amines) is 1. The molecule has 2 heterocycles. The van der Waals surface area contributed by atoms with Crippen molar-refractivity contribution in [3.8, 4) is 0 Å². The van der Waals surface area contributed by atoms with Gasteiger partial charge in [-0.3, -0.25) is 4.79 Å². The topological polar surface area (TPSA) is 70.7 Å². The van der Waals surface area contributed by atoms with Crippen molar-refractivity contribution in [3.05, 3.63) is 0 Å². The van der Waals surface area contributed by atoms with Gasteiger partial charge in [-0.25, -0.2) is 4.79 Å². The largest absolute Gasteiger partial charge is 0.450 e. The van der Waals surface area contributed by atoms with Crippen LogP contribution in [0.4, 0.5) is 4.79 Å². The zero-order chi connectivity index (χ0) is 15.3. The number of hydrogen-bond donors (Lipinski definition) is 2. The molecule has 0 aliphatic carbocycles. The molecule has 2 N–H and O–H groups in total. The minimum absolute atomic E-state index is 0.165. The molecule has 2 fully saturated rings. The van der Waals surface area contributed by atoms with Gasteiger partial charge in [0.05, 0.1) is 6.61 Å². The SMILES string of the molecule is CCOC(=O)N1CCC(NC(=O)C2(C)CCNCC2)CC1. The van der Waals surface area contributed by atoms with Crippen LogP contribution in [0.3, 0.4) is 0 Å². The van der Waals surface area contributed by atoms with Crippen LogP contribution in [0.2, 0.25) is 0 Å². The van der Waals surface area contributed by atoms with E-state index in [-0.39, 0.29) is 23.5 Å². The number of ether oxygens (including phenoxy) is 1. The maximum absolute atomic E-state index is 12.5. The fourth-order valence-electron chi connectivity index (χ4n) is 2.99. The zero-order valence-corrected chi connectivity index (χ0v) is 13.1. The van der Waals surface area contributed by atoms with Crippen LogP contribution < -0.4 is 10.6 Å². The van der Waals surface area contributed by atoms with Crippen molar-refractivity contribution in [2.75, 3.05) is 32.8 Å². The lowest BCUT2D eigenvalue weighted by molar-refractivity contribution is -0.132. The highest BCUT2D eigenvalue weighted by Crippen LogP contribution is 2.28. The van der Waals surface area contributed by atoms with Gasteiger partial charge in [-0.15, -0.1) is 0 Å². The van der Waals surface area contributed by atoms with Crippen LogP contribution >= 0.6 is 0 Å². The van der Waals surface area contributed by atoms with Gasteiger partial charge in [0.25, 0.3) is 0 Å². The van der Waals surface area contributed by atoms with E-state index in [4.69, 9.17) is 4.74 Å². The Hall–Kier alpha value is -1.30. The molecule has 0 aromatic heterocycles. The summed E-state index contributed by atoms with van der Waals surface area (Å²) in [5, 5.41) is 6.47. The molecule has 0 aromatic rings. The Bertz CT molecular complexity index is 372. The van der Waals surface area contributed by atoms with E-state index in [2.05, 4.69) is 17.6 Å². The molecule has 0 aromatic carbocycles. The molecule has 0 unspecified atom stereocenters. The Morgan fingerprint density at radius 3 is 2.48 bits per heavy atom. The second kappa shape index (κ2) is 7.11. The van der Waals surface area contributed by atoms with Gasteiger partial charge in [0.1, 0.15) is 0 Å². The van der Waals surface area contributed by atoms with Crippen molar-refractivity contribution in [3.63, 3.8) is 0 Å². The first kappa shape index (κ1) is 16.1. The third-order valence-electron chi connectivity index (χ3n) is 4.61. The molecule has 21 heavy (non-hydrogen) atoms. The molecule has 2 amide bonds. The average molecular weight is 297 g/mol. The monoisotopic (exact) mass is 297 g/mol. The molecule has 0 radical (unpaired) electrons. The summed E-state index contributed by atoms with van der Waals surface area (Å²) in [4.78, 5) is 25.8. The zero-order valence-electron chi connectivity index (χ0n) is 13.1. The van der Waals surface area contributed by atoms with Gasteiger partial charge < -0.3 is 20.3 Å². The molecule has 2 rings (SSSR count). The molecule has 2 saturated heterocycles. The summed E-state index contributed by atoms with van der Waals surface area (Å²) in [7, 11) is 0. The van der Waals surface area contributed by atoms with Crippen LogP contribution in [-0.4, -0.2) is 55.7 Å². The predicted molar refractivity (Wildman–Crippen MR) is 80.0 cm³/mol. The second-order valence-corrected chi connectivity index (χ2v) is 6.24. The smallest absolute Gasteiger partial charge is 0.409 e. The third-order valence-corrected chi connectivity index (χ3v) is 4.61. The number of amides is 2. The molecule has 2 aliphatic heterocycles. The number of carbonyl (C=O) groups excluding carboxylic acids is 2. The highest BCUT2D eigenvalue weighted by atomic mass is 16.6. The standard InChI is InChI=1S/C15H27N3O3/c1-3-21-14(20)18-10-4-12(5-11-18)17-13(19)15(2)6-8-16-9-7-15/h12,16H,3-11H2,1-2H3,(H,17,19). The van der Waals surface area contributed by atoms with Crippen molar-refractivity contribution < 1.29 is 14.3 Å². The van der Waals surface area contributed by atoms with Crippen LogP contribution in [-0.2, 0) is 9.53 Å². The number of carbonyl (C=O) groups is 2. The molecule has 0 saturated carbocycles. The number of piperidine rings is 2. The average Bonchev–Trinajstić information content (AvgIpc) is 2.49. The van der Waals surface area contributed by atoms with Crippen molar-refractivity contribution in [2.24, 2.45) is 5.41 Å².